The van der Waals surface area contributed by atoms with Crippen LogP contribution in [0.3, 0.4) is 0 Å². The first-order chi connectivity index (χ1) is 16.0. The number of aromatic nitrogens is 2. The average molecular weight is 480 g/mol. The minimum Gasteiger partial charge on any atom is -0.482 e. The molecular formula is C24H15ClFN3O3S. The number of fused-ring (bicyclic) bond motifs is 3. The van der Waals surface area contributed by atoms with E-state index in [2.05, 4.69) is 10.3 Å². The van der Waals surface area contributed by atoms with Gasteiger partial charge in [-0.05, 0) is 60.2 Å². The molecule has 0 aliphatic heterocycles. The summed E-state index contributed by atoms with van der Waals surface area (Å²) in [4.78, 5) is 30.1. The highest BCUT2D eigenvalue weighted by molar-refractivity contribution is 7.15. The molecule has 0 bridgehead atoms. The minimum absolute atomic E-state index is 0.141. The van der Waals surface area contributed by atoms with Gasteiger partial charge in [0.05, 0.1) is 20.6 Å². The van der Waals surface area contributed by atoms with E-state index in [1.807, 2.05) is 24.3 Å². The highest BCUT2D eigenvalue weighted by Gasteiger charge is 2.11. The lowest BCUT2D eigenvalue weighted by Crippen LogP contribution is -2.22. The summed E-state index contributed by atoms with van der Waals surface area (Å²) in [5.41, 5.74) is 2.59. The molecule has 9 heteroatoms. The van der Waals surface area contributed by atoms with Crippen LogP contribution in [0.5, 0.6) is 5.75 Å². The number of anilines is 1. The van der Waals surface area contributed by atoms with Gasteiger partial charge < -0.3 is 10.1 Å². The van der Waals surface area contributed by atoms with Gasteiger partial charge in [0.2, 0.25) is 0 Å². The highest BCUT2D eigenvalue weighted by atomic mass is 35.5. The van der Waals surface area contributed by atoms with E-state index in [-0.39, 0.29) is 18.0 Å². The quantitative estimate of drug-likeness (QED) is 0.408. The fourth-order valence-corrected chi connectivity index (χ4v) is 4.59. The average Bonchev–Trinajstić information content (AvgIpc) is 3.31. The molecule has 0 radical (unpaired) electrons. The summed E-state index contributed by atoms with van der Waals surface area (Å²) in [6, 6.07) is 18.0. The Hall–Kier alpha value is -3.75. The maximum atomic E-state index is 13.0. The number of hydrogen-bond acceptors (Lipinski definition) is 5. The van der Waals surface area contributed by atoms with Crippen LogP contribution in [-0.4, -0.2) is 21.9 Å². The van der Waals surface area contributed by atoms with E-state index in [4.69, 9.17) is 16.3 Å². The van der Waals surface area contributed by atoms with E-state index in [0.29, 0.717) is 31.5 Å². The Bertz CT molecular complexity index is 1610. The zero-order valence-corrected chi connectivity index (χ0v) is 18.5. The second-order valence-corrected chi connectivity index (χ2v) is 8.58. The van der Waals surface area contributed by atoms with E-state index >= 15 is 0 Å². The summed E-state index contributed by atoms with van der Waals surface area (Å²) >= 11 is 7.63. The first-order valence-electron chi connectivity index (χ1n) is 9.87. The van der Waals surface area contributed by atoms with Crippen molar-refractivity contribution in [1.29, 1.82) is 0 Å². The van der Waals surface area contributed by atoms with Crippen molar-refractivity contribution >= 4 is 56.6 Å². The number of rotatable bonds is 5. The van der Waals surface area contributed by atoms with Gasteiger partial charge in [0.25, 0.3) is 11.5 Å². The number of benzene rings is 3. The molecule has 0 aliphatic carbocycles. The molecule has 0 atom stereocenters. The van der Waals surface area contributed by atoms with Crippen LogP contribution >= 0.6 is 22.9 Å². The van der Waals surface area contributed by atoms with Crippen LogP contribution in [-0.2, 0) is 4.79 Å². The van der Waals surface area contributed by atoms with Crippen molar-refractivity contribution in [3.63, 3.8) is 0 Å². The molecule has 5 rings (SSSR count). The first-order valence-corrected chi connectivity index (χ1v) is 11.1. The largest absolute Gasteiger partial charge is 0.482 e. The van der Waals surface area contributed by atoms with E-state index < -0.39 is 5.91 Å². The Morgan fingerprint density at radius 3 is 2.73 bits per heavy atom. The van der Waals surface area contributed by atoms with Gasteiger partial charge in [-0.1, -0.05) is 41.1 Å². The zero-order valence-electron chi connectivity index (χ0n) is 16.9. The lowest BCUT2D eigenvalue weighted by atomic mass is 10.2. The molecule has 1 amide bonds. The highest BCUT2D eigenvalue weighted by Crippen LogP contribution is 2.26. The molecule has 2 aromatic heterocycles. The molecule has 0 spiro atoms. The number of thiazole rings is 1. The van der Waals surface area contributed by atoms with Gasteiger partial charge >= 0.3 is 0 Å². The molecule has 0 aliphatic rings. The van der Waals surface area contributed by atoms with Crippen LogP contribution in [0, 0.1) is 5.82 Å². The molecule has 6 nitrogen and oxygen atoms in total. The summed E-state index contributed by atoms with van der Waals surface area (Å²) < 4.78 is 20.6. The van der Waals surface area contributed by atoms with Gasteiger partial charge in [-0.25, -0.2) is 13.8 Å². The van der Waals surface area contributed by atoms with Gasteiger partial charge in [-0.15, -0.1) is 0 Å². The smallest absolute Gasteiger partial charge is 0.274 e. The number of ether oxygens (including phenoxy) is 1. The Morgan fingerprint density at radius 2 is 1.94 bits per heavy atom. The number of carbonyl (C=O) groups is 1. The Morgan fingerprint density at radius 1 is 1.15 bits per heavy atom. The van der Waals surface area contributed by atoms with Crippen molar-refractivity contribution < 1.29 is 13.9 Å². The molecule has 33 heavy (non-hydrogen) atoms. The number of para-hydroxylation sites is 2. The maximum absolute atomic E-state index is 13.0. The SMILES string of the molecule is O=C(COc1ccc(C=c2sc3nc4ccccc4n3c2=O)cc1Cl)Nc1ccc(F)cc1. The summed E-state index contributed by atoms with van der Waals surface area (Å²) in [5.74, 6) is -0.460. The van der Waals surface area contributed by atoms with Crippen molar-refractivity contribution in [2.45, 2.75) is 0 Å². The van der Waals surface area contributed by atoms with E-state index in [9.17, 15) is 14.0 Å². The fraction of sp³-hybridized carbons (Fsp3) is 0.0417. The van der Waals surface area contributed by atoms with Crippen molar-refractivity contribution in [3.05, 3.63) is 98.0 Å². The molecule has 1 N–H and O–H groups in total. The predicted octanol–water partition coefficient (Wildman–Crippen LogP) is 4.27. The van der Waals surface area contributed by atoms with Gasteiger partial charge in [-0.3, -0.25) is 9.59 Å². The van der Waals surface area contributed by atoms with Crippen LogP contribution in [0.4, 0.5) is 10.1 Å². The summed E-state index contributed by atoms with van der Waals surface area (Å²) in [6.07, 6.45) is 1.74. The molecule has 0 fully saturated rings. The van der Waals surface area contributed by atoms with Gasteiger partial charge in [-0.2, -0.15) is 0 Å². The van der Waals surface area contributed by atoms with Crippen LogP contribution in [0.2, 0.25) is 5.02 Å². The standard InChI is InChI=1S/C24H15ClFN3O3S/c25-17-11-14(5-10-20(17)32-13-22(30)27-16-8-6-15(26)7-9-16)12-21-23(31)29-19-4-2-1-3-18(19)28-24(29)33-21/h1-12H,13H2,(H,27,30). The normalized spacial score (nSPS) is 11.9. The fourth-order valence-electron chi connectivity index (χ4n) is 3.36. The molecule has 0 saturated heterocycles. The zero-order chi connectivity index (χ0) is 22.9. The third kappa shape index (κ3) is 4.30. The topological polar surface area (TPSA) is 72.7 Å². The lowest BCUT2D eigenvalue weighted by Gasteiger charge is -2.09. The molecule has 3 aromatic carbocycles. The van der Waals surface area contributed by atoms with Gasteiger partial charge in [0, 0.05) is 5.69 Å². The second-order valence-electron chi connectivity index (χ2n) is 7.17. The third-order valence-corrected chi connectivity index (χ3v) is 6.15. The number of nitrogens with one attached hydrogen (secondary N) is 1. The second kappa shape index (κ2) is 8.65. The summed E-state index contributed by atoms with van der Waals surface area (Å²) in [6.45, 7) is -0.264. The number of imidazole rings is 1. The molecule has 2 heterocycles. The summed E-state index contributed by atoms with van der Waals surface area (Å²) in [5, 5.41) is 2.91. The van der Waals surface area contributed by atoms with Crippen LogP contribution in [0.25, 0.3) is 22.1 Å². The number of halogens is 2. The van der Waals surface area contributed by atoms with Crippen LogP contribution in [0.1, 0.15) is 5.56 Å². The number of nitrogens with zero attached hydrogens (tertiary/aromatic N) is 2. The minimum atomic E-state index is -0.404. The van der Waals surface area contributed by atoms with E-state index in [1.54, 1.807) is 28.7 Å². The molecular weight excluding hydrogens is 465 g/mol. The first kappa shape index (κ1) is 21.1. The summed E-state index contributed by atoms with van der Waals surface area (Å²) in [7, 11) is 0. The molecule has 0 saturated carbocycles. The number of amides is 1. The predicted molar refractivity (Wildman–Crippen MR) is 128 cm³/mol. The van der Waals surface area contributed by atoms with Crippen molar-refractivity contribution in [2.75, 3.05) is 11.9 Å². The number of carbonyl (C=O) groups excluding carboxylic acids is 1. The Labute approximate surface area is 195 Å². The Balaban J connectivity index is 1.33. The van der Waals surface area contributed by atoms with Crippen molar-refractivity contribution in [2.24, 2.45) is 0 Å². The lowest BCUT2D eigenvalue weighted by molar-refractivity contribution is -0.118. The molecule has 0 unspecified atom stereocenters. The van der Waals surface area contributed by atoms with E-state index in [1.165, 1.54) is 35.6 Å². The Kier molecular flexibility index (Phi) is 5.53. The van der Waals surface area contributed by atoms with E-state index in [0.717, 1.165) is 11.0 Å². The number of hydrogen-bond donors (Lipinski definition) is 1. The van der Waals surface area contributed by atoms with Crippen LogP contribution < -0.4 is 20.1 Å². The van der Waals surface area contributed by atoms with Gasteiger partial charge in [0.15, 0.2) is 11.6 Å². The van der Waals surface area contributed by atoms with Crippen LogP contribution in [0.15, 0.2) is 71.5 Å². The molecule has 164 valence electrons. The van der Waals surface area contributed by atoms with Gasteiger partial charge in [0.1, 0.15) is 11.6 Å². The molecule has 5 aromatic rings. The maximum Gasteiger partial charge on any atom is 0.274 e. The third-order valence-electron chi connectivity index (χ3n) is 4.89. The monoisotopic (exact) mass is 479 g/mol. The van der Waals surface area contributed by atoms with Crippen molar-refractivity contribution in [3.8, 4) is 5.75 Å². The van der Waals surface area contributed by atoms with Crippen molar-refractivity contribution in [1.82, 2.24) is 9.38 Å².